The molecule has 0 amide bonds. The number of carboxylic acids is 1. The summed E-state index contributed by atoms with van der Waals surface area (Å²) >= 11 is 0. The van der Waals surface area contributed by atoms with Crippen molar-refractivity contribution in [3.05, 3.63) is 29.8 Å². The maximum atomic E-state index is 10.6. The molecule has 0 spiro atoms. The Bertz CT molecular complexity index is 467. The summed E-state index contributed by atoms with van der Waals surface area (Å²) in [6.07, 6.45) is 4.34. The van der Waals surface area contributed by atoms with Gasteiger partial charge in [-0.2, -0.15) is 0 Å². The molecule has 1 N–H and O–H groups in total. The Kier molecular flexibility index (Phi) is 6.72. The van der Waals surface area contributed by atoms with Gasteiger partial charge in [0.2, 0.25) is 0 Å². The van der Waals surface area contributed by atoms with Crippen LogP contribution in [0.5, 0.6) is 5.75 Å². The fraction of sp³-hybridized carbons (Fsp3) is 0.611. The van der Waals surface area contributed by atoms with Gasteiger partial charge in [-0.05, 0) is 50.8 Å². The highest BCUT2D eigenvalue weighted by Gasteiger charge is 2.20. The first-order valence-corrected chi connectivity index (χ1v) is 8.34. The van der Waals surface area contributed by atoms with Crippen LogP contribution in [0, 0.1) is 5.92 Å². The first-order valence-electron chi connectivity index (χ1n) is 8.34. The van der Waals surface area contributed by atoms with Crippen molar-refractivity contribution in [2.24, 2.45) is 5.92 Å². The van der Waals surface area contributed by atoms with E-state index in [0.717, 1.165) is 57.7 Å². The normalized spacial score (nSPS) is 16.6. The quantitative estimate of drug-likeness (QED) is 0.798. The number of aliphatic carboxylic acids is 1. The molecule has 1 saturated heterocycles. The van der Waals surface area contributed by atoms with E-state index in [2.05, 4.69) is 24.0 Å². The van der Waals surface area contributed by atoms with E-state index in [-0.39, 0.29) is 0 Å². The van der Waals surface area contributed by atoms with Gasteiger partial charge >= 0.3 is 5.97 Å². The smallest absolute Gasteiger partial charge is 0.303 e. The summed E-state index contributed by atoms with van der Waals surface area (Å²) in [4.78, 5) is 13.1. The van der Waals surface area contributed by atoms with Crippen LogP contribution in [-0.4, -0.2) is 35.7 Å². The zero-order valence-electron chi connectivity index (χ0n) is 13.5. The molecule has 122 valence electrons. The number of nitrogens with zero attached hydrogens (tertiary/aromatic N) is 1. The minimum atomic E-state index is -0.676. The lowest BCUT2D eigenvalue weighted by Crippen LogP contribution is -2.33. The van der Waals surface area contributed by atoms with Crippen molar-refractivity contribution < 1.29 is 14.6 Å². The number of ether oxygens (including phenoxy) is 1. The van der Waals surface area contributed by atoms with E-state index in [1.165, 1.54) is 5.56 Å². The number of rotatable bonds is 8. The molecule has 0 atom stereocenters. The average Bonchev–Trinajstić information content (AvgIpc) is 2.53. The fourth-order valence-electron chi connectivity index (χ4n) is 2.99. The first kappa shape index (κ1) is 16.8. The Morgan fingerprint density at radius 2 is 2.05 bits per heavy atom. The Balaban J connectivity index is 1.82. The fourth-order valence-corrected chi connectivity index (χ4v) is 2.99. The van der Waals surface area contributed by atoms with Gasteiger partial charge in [-0.3, -0.25) is 9.69 Å². The van der Waals surface area contributed by atoms with E-state index in [9.17, 15) is 4.79 Å². The second-order valence-corrected chi connectivity index (χ2v) is 6.11. The van der Waals surface area contributed by atoms with Crippen LogP contribution in [0.4, 0.5) is 0 Å². The lowest BCUT2D eigenvalue weighted by atomic mass is 9.92. The number of hydrogen-bond acceptors (Lipinski definition) is 3. The molecular formula is C18H27NO3. The van der Waals surface area contributed by atoms with Crippen LogP contribution in [0.15, 0.2) is 24.3 Å². The minimum Gasteiger partial charge on any atom is -0.493 e. The number of piperidine rings is 1. The third-order valence-corrected chi connectivity index (χ3v) is 4.30. The van der Waals surface area contributed by atoms with E-state index in [1.807, 2.05) is 12.1 Å². The van der Waals surface area contributed by atoms with Crippen molar-refractivity contribution in [1.82, 2.24) is 4.90 Å². The van der Waals surface area contributed by atoms with Crippen molar-refractivity contribution in [1.29, 1.82) is 0 Å². The van der Waals surface area contributed by atoms with Gasteiger partial charge in [0.05, 0.1) is 6.61 Å². The maximum absolute atomic E-state index is 10.6. The van der Waals surface area contributed by atoms with E-state index < -0.39 is 5.97 Å². The van der Waals surface area contributed by atoms with Gasteiger partial charge in [0.1, 0.15) is 5.75 Å². The van der Waals surface area contributed by atoms with E-state index in [1.54, 1.807) is 0 Å². The van der Waals surface area contributed by atoms with Crippen LogP contribution in [0.2, 0.25) is 0 Å². The highest BCUT2D eigenvalue weighted by molar-refractivity contribution is 5.66. The molecule has 1 aromatic rings. The maximum Gasteiger partial charge on any atom is 0.303 e. The summed E-state index contributed by atoms with van der Waals surface area (Å²) in [6, 6.07) is 8.27. The van der Waals surface area contributed by atoms with Crippen LogP contribution >= 0.6 is 0 Å². The van der Waals surface area contributed by atoms with Crippen molar-refractivity contribution >= 4 is 5.97 Å². The van der Waals surface area contributed by atoms with E-state index >= 15 is 0 Å². The summed E-state index contributed by atoms with van der Waals surface area (Å²) in [7, 11) is 0. The predicted octanol–water partition coefficient (Wildman–Crippen LogP) is 3.55. The summed E-state index contributed by atoms with van der Waals surface area (Å²) < 4.78 is 5.82. The topological polar surface area (TPSA) is 49.8 Å². The highest BCUT2D eigenvalue weighted by Crippen LogP contribution is 2.25. The number of hydrogen-bond donors (Lipinski definition) is 1. The molecule has 0 aliphatic carbocycles. The summed E-state index contributed by atoms with van der Waals surface area (Å²) in [5, 5.41) is 8.77. The van der Waals surface area contributed by atoms with Gasteiger partial charge in [0.15, 0.2) is 0 Å². The van der Waals surface area contributed by atoms with Crippen LogP contribution in [-0.2, 0) is 11.3 Å². The summed E-state index contributed by atoms with van der Waals surface area (Å²) in [6.45, 7) is 5.89. The molecule has 1 aromatic carbocycles. The zero-order chi connectivity index (χ0) is 15.8. The number of likely N-dealkylation sites (tertiary alicyclic amines) is 1. The first-order chi connectivity index (χ1) is 10.7. The molecule has 1 aliphatic rings. The Morgan fingerprint density at radius 1 is 1.32 bits per heavy atom. The lowest BCUT2D eigenvalue weighted by molar-refractivity contribution is -0.137. The Hall–Kier alpha value is -1.55. The molecule has 22 heavy (non-hydrogen) atoms. The van der Waals surface area contributed by atoms with E-state index in [0.29, 0.717) is 12.3 Å². The highest BCUT2D eigenvalue weighted by atomic mass is 16.5. The molecule has 1 heterocycles. The standard InChI is InChI=1S/C18H27NO3/c1-2-13-22-17-6-4-3-5-16(17)14-19-11-9-15(10-12-19)7-8-18(20)21/h3-6,15H,2,7-14H2,1H3,(H,20,21). The Morgan fingerprint density at radius 3 is 2.73 bits per heavy atom. The predicted molar refractivity (Wildman–Crippen MR) is 87.1 cm³/mol. The molecule has 4 nitrogen and oxygen atoms in total. The van der Waals surface area contributed by atoms with Gasteiger partial charge in [0.25, 0.3) is 0 Å². The molecule has 0 saturated carbocycles. The minimum absolute atomic E-state index is 0.304. The number of benzene rings is 1. The van der Waals surface area contributed by atoms with Crippen LogP contribution in [0.3, 0.4) is 0 Å². The molecule has 1 aliphatic heterocycles. The molecule has 1 fully saturated rings. The molecule has 0 unspecified atom stereocenters. The molecule has 0 radical (unpaired) electrons. The summed E-state index contributed by atoms with van der Waals surface area (Å²) in [5.74, 6) is 0.890. The van der Waals surface area contributed by atoms with Gasteiger partial charge in [-0.15, -0.1) is 0 Å². The molecule has 2 rings (SSSR count). The zero-order valence-corrected chi connectivity index (χ0v) is 13.5. The monoisotopic (exact) mass is 305 g/mol. The average molecular weight is 305 g/mol. The lowest BCUT2D eigenvalue weighted by Gasteiger charge is -2.32. The van der Waals surface area contributed by atoms with Gasteiger partial charge in [-0.1, -0.05) is 25.1 Å². The SMILES string of the molecule is CCCOc1ccccc1CN1CCC(CCC(=O)O)CC1. The molecular weight excluding hydrogens is 278 g/mol. The summed E-state index contributed by atoms with van der Waals surface area (Å²) in [5.41, 5.74) is 1.25. The van der Waals surface area contributed by atoms with Crippen molar-refractivity contribution in [2.45, 2.75) is 45.6 Å². The number of carboxylic acid groups (broad SMARTS) is 1. The molecule has 0 bridgehead atoms. The van der Waals surface area contributed by atoms with E-state index in [4.69, 9.17) is 9.84 Å². The van der Waals surface area contributed by atoms with Gasteiger partial charge in [0, 0.05) is 18.5 Å². The Labute approximate surface area is 133 Å². The van der Waals surface area contributed by atoms with Gasteiger partial charge < -0.3 is 9.84 Å². The van der Waals surface area contributed by atoms with Gasteiger partial charge in [-0.25, -0.2) is 0 Å². The van der Waals surface area contributed by atoms with Crippen LogP contribution in [0.25, 0.3) is 0 Å². The van der Waals surface area contributed by atoms with Crippen molar-refractivity contribution in [3.63, 3.8) is 0 Å². The third-order valence-electron chi connectivity index (χ3n) is 4.30. The number of carbonyl (C=O) groups is 1. The number of para-hydroxylation sites is 1. The van der Waals surface area contributed by atoms with Crippen LogP contribution in [0.1, 0.15) is 44.6 Å². The third kappa shape index (κ3) is 5.34. The second-order valence-electron chi connectivity index (χ2n) is 6.11. The van der Waals surface area contributed by atoms with Crippen molar-refractivity contribution in [2.75, 3.05) is 19.7 Å². The molecule has 0 aromatic heterocycles. The van der Waals surface area contributed by atoms with Crippen LogP contribution < -0.4 is 4.74 Å². The molecule has 4 heteroatoms. The largest absolute Gasteiger partial charge is 0.493 e. The second kappa shape index (κ2) is 8.79. The van der Waals surface area contributed by atoms with Crippen molar-refractivity contribution in [3.8, 4) is 5.75 Å².